The van der Waals surface area contributed by atoms with Crippen molar-refractivity contribution in [2.75, 3.05) is 18.3 Å². The maximum atomic E-state index is 15.8. The number of nitrogens with zero attached hydrogens (tertiary/aromatic N) is 1. The third kappa shape index (κ3) is 5.70. The van der Waals surface area contributed by atoms with Crippen molar-refractivity contribution >= 4 is 11.6 Å². The van der Waals surface area contributed by atoms with Crippen molar-refractivity contribution in [1.29, 1.82) is 0 Å². The zero-order chi connectivity index (χ0) is 33.0. The average molecular weight is 646 g/mol. The fourth-order valence-electron chi connectivity index (χ4n) is 6.98. The van der Waals surface area contributed by atoms with Gasteiger partial charge in [-0.2, -0.15) is 0 Å². The molecule has 0 aliphatic carbocycles. The lowest BCUT2D eigenvalue weighted by Gasteiger charge is -2.34. The lowest BCUT2D eigenvalue weighted by Crippen LogP contribution is -2.46. The number of anilines is 1. The Morgan fingerprint density at radius 2 is 1.14 bits per heavy atom. The predicted molar refractivity (Wildman–Crippen MR) is 189 cm³/mol. The summed E-state index contributed by atoms with van der Waals surface area (Å²) in [6.07, 6.45) is 0. The highest BCUT2D eigenvalue weighted by atomic mass is 16.7. The maximum absolute atomic E-state index is 15.8. The molecule has 0 spiro atoms. The van der Waals surface area contributed by atoms with Crippen molar-refractivity contribution in [1.82, 2.24) is 0 Å². The molecule has 1 atom stereocenters. The highest BCUT2D eigenvalue weighted by Crippen LogP contribution is 2.54. The fraction of sp³-hybridized carbons (Fsp3) is 0.140. The van der Waals surface area contributed by atoms with Crippen LogP contribution in [0.3, 0.4) is 0 Å². The summed E-state index contributed by atoms with van der Waals surface area (Å²) in [5, 5.41) is 0. The first kappa shape index (κ1) is 30.5. The summed E-state index contributed by atoms with van der Waals surface area (Å²) in [4.78, 5) is 17.7. The lowest BCUT2D eigenvalue weighted by atomic mass is 9.75. The van der Waals surface area contributed by atoms with Crippen LogP contribution in [0.4, 0.5) is 5.69 Å². The van der Waals surface area contributed by atoms with E-state index in [0.717, 1.165) is 33.5 Å². The van der Waals surface area contributed by atoms with E-state index in [0.29, 0.717) is 36.0 Å². The summed E-state index contributed by atoms with van der Waals surface area (Å²) < 4.78 is 25.0. The zero-order valence-electron chi connectivity index (χ0n) is 26.9. The van der Waals surface area contributed by atoms with Crippen molar-refractivity contribution in [3.63, 3.8) is 0 Å². The normalized spacial score (nSPS) is 16.2. The molecule has 6 aromatic carbocycles. The quantitative estimate of drug-likeness (QED) is 0.141. The van der Waals surface area contributed by atoms with Crippen molar-refractivity contribution < 1.29 is 23.7 Å². The van der Waals surface area contributed by atoms with Gasteiger partial charge in [-0.05, 0) is 39.9 Å². The number of hydrogen-bond donors (Lipinski definition) is 0. The number of amides is 1. The largest absolute Gasteiger partial charge is 0.488 e. The molecule has 0 bridgehead atoms. The van der Waals surface area contributed by atoms with Crippen LogP contribution >= 0.6 is 0 Å². The van der Waals surface area contributed by atoms with Crippen LogP contribution in [-0.2, 0) is 28.2 Å². The molecule has 2 heterocycles. The molecule has 6 aromatic rings. The minimum atomic E-state index is -1.28. The molecule has 0 aromatic heterocycles. The van der Waals surface area contributed by atoms with Crippen LogP contribution in [0.5, 0.6) is 17.2 Å². The topological polar surface area (TPSA) is 57.2 Å². The van der Waals surface area contributed by atoms with Gasteiger partial charge in [0.1, 0.15) is 17.8 Å². The Morgan fingerprint density at radius 3 is 1.78 bits per heavy atom. The van der Waals surface area contributed by atoms with E-state index in [1.165, 1.54) is 0 Å². The number of fused-ring (bicyclic) bond motifs is 2. The minimum absolute atomic E-state index is 0.0753. The summed E-state index contributed by atoms with van der Waals surface area (Å²) in [5.74, 6) is 1.57. The predicted octanol–water partition coefficient (Wildman–Crippen LogP) is 8.63. The van der Waals surface area contributed by atoms with Gasteiger partial charge in [0.25, 0.3) is 0 Å². The highest BCUT2D eigenvalue weighted by molar-refractivity contribution is 6.12. The molecule has 2 aliphatic rings. The number of hydrogen-bond acceptors (Lipinski definition) is 5. The molecule has 2 aliphatic heterocycles. The van der Waals surface area contributed by atoms with E-state index in [2.05, 4.69) is 24.3 Å². The van der Waals surface area contributed by atoms with E-state index >= 15 is 4.79 Å². The molecule has 0 radical (unpaired) electrons. The summed E-state index contributed by atoms with van der Waals surface area (Å²) in [6, 6.07) is 51.8. The summed E-state index contributed by atoms with van der Waals surface area (Å²) in [6.45, 7) is 0.815. The lowest BCUT2D eigenvalue weighted by molar-refractivity contribution is -0.124. The van der Waals surface area contributed by atoms with E-state index in [1.54, 1.807) is 0 Å². The number of para-hydroxylation sites is 1. The first-order chi connectivity index (χ1) is 24.2. The number of carbonyl (C=O) groups is 1. The van der Waals surface area contributed by atoms with Gasteiger partial charge < -0.3 is 18.9 Å². The standard InChI is InChI=1S/C43H35NO5/c45-42-43(29-46-27-31-15-5-1-6-16-31,36-25-39-40(49-30-48-39)26-38(36)47-28-32-17-7-2-8-18-32)35-23-13-14-24-37(35)44(42)41(33-19-9-3-10-20-33)34-21-11-4-12-22-34/h1-26,41H,27-30H2/t43-/m0/s1. The maximum Gasteiger partial charge on any atom is 0.245 e. The molecule has 0 fully saturated rings. The first-order valence-corrected chi connectivity index (χ1v) is 16.5. The van der Waals surface area contributed by atoms with Gasteiger partial charge in [0.2, 0.25) is 12.7 Å². The first-order valence-electron chi connectivity index (χ1n) is 16.5. The van der Waals surface area contributed by atoms with E-state index in [4.69, 9.17) is 18.9 Å². The van der Waals surface area contributed by atoms with Gasteiger partial charge in [0.15, 0.2) is 11.5 Å². The summed E-state index contributed by atoms with van der Waals surface area (Å²) in [7, 11) is 0. The molecule has 242 valence electrons. The molecule has 0 saturated heterocycles. The van der Waals surface area contributed by atoms with Crippen LogP contribution in [0.15, 0.2) is 158 Å². The molecule has 0 unspecified atom stereocenters. The van der Waals surface area contributed by atoms with E-state index in [9.17, 15) is 0 Å². The van der Waals surface area contributed by atoms with E-state index in [-0.39, 0.29) is 19.3 Å². The molecule has 49 heavy (non-hydrogen) atoms. The van der Waals surface area contributed by atoms with Crippen LogP contribution in [0.2, 0.25) is 0 Å². The van der Waals surface area contributed by atoms with Crippen LogP contribution in [0.25, 0.3) is 0 Å². The Hall–Kier alpha value is -5.85. The Bertz CT molecular complexity index is 2010. The smallest absolute Gasteiger partial charge is 0.245 e. The molecule has 0 saturated carbocycles. The van der Waals surface area contributed by atoms with Gasteiger partial charge in [-0.3, -0.25) is 9.69 Å². The van der Waals surface area contributed by atoms with Gasteiger partial charge >= 0.3 is 0 Å². The molecule has 6 nitrogen and oxygen atoms in total. The van der Waals surface area contributed by atoms with Crippen molar-refractivity contribution in [2.45, 2.75) is 24.7 Å². The molecule has 8 rings (SSSR count). The Morgan fingerprint density at radius 1 is 0.612 bits per heavy atom. The van der Waals surface area contributed by atoms with Crippen LogP contribution < -0.4 is 19.1 Å². The Labute approximate surface area is 286 Å². The van der Waals surface area contributed by atoms with Crippen LogP contribution in [-0.4, -0.2) is 19.3 Å². The summed E-state index contributed by atoms with van der Waals surface area (Å²) in [5.41, 5.74) is 5.09. The van der Waals surface area contributed by atoms with Gasteiger partial charge in [-0.1, -0.05) is 140 Å². The third-order valence-corrected chi connectivity index (χ3v) is 9.30. The fourth-order valence-corrected chi connectivity index (χ4v) is 6.98. The summed E-state index contributed by atoms with van der Waals surface area (Å²) >= 11 is 0. The molecular weight excluding hydrogens is 610 g/mol. The third-order valence-electron chi connectivity index (χ3n) is 9.30. The second kappa shape index (κ2) is 13.3. The van der Waals surface area contributed by atoms with Crippen LogP contribution in [0.1, 0.15) is 39.4 Å². The minimum Gasteiger partial charge on any atom is -0.488 e. The van der Waals surface area contributed by atoms with Gasteiger partial charge in [0, 0.05) is 17.3 Å². The number of ether oxygens (including phenoxy) is 4. The van der Waals surface area contributed by atoms with E-state index < -0.39 is 11.5 Å². The number of benzene rings is 6. The SMILES string of the molecule is O=C1N(C(c2ccccc2)c2ccccc2)c2ccccc2[C@@]1(COCc1ccccc1)c1cc2c(cc1OCc1ccccc1)OCO2. The van der Waals surface area contributed by atoms with Crippen molar-refractivity contribution in [3.05, 3.63) is 191 Å². The highest BCUT2D eigenvalue weighted by Gasteiger charge is 2.56. The Balaban J connectivity index is 1.31. The molecule has 0 N–H and O–H groups in total. The van der Waals surface area contributed by atoms with Crippen molar-refractivity contribution in [3.8, 4) is 17.2 Å². The zero-order valence-corrected chi connectivity index (χ0v) is 26.9. The molecular formula is C43H35NO5. The monoisotopic (exact) mass is 645 g/mol. The van der Waals surface area contributed by atoms with Gasteiger partial charge in [-0.25, -0.2) is 0 Å². The Kier molecular flexibility index (Phi) is 8.30. The van der Waals surface area contributed by atoms with E-state index in [1.807, 2.05) is 138 Å². The second-order valence-electron chi connectivity index (χ2n) is 12.3. The number of rotatable bonds is 11. The van der Waals surface area contributed by atoms with Crippen LogP contribution in [0, 0.1) is 0 Å². The average Bonchev–Trinajstić information content (AvgIpc) is 3.72. The van der Waals surface area contributed by atoms with Crippen molar-refractivity contribution in [2.24, 2.45) is 0 Å². The number of carbonyl (C=O) groups excluding carboxylic acids is 1. The molecule has 1 amide bonds. The molecule has 6 heteroatoms. The second-order valence-corrected chi connectivity index (χ2v) is 12.3. The van der Waals surface area contributed by atoms with Gasteiger partial charge in [0.05, 0.1) is 19.3 Å². The van der Waals surface area contributed by atoms with Gasteiger partial charge in [-0.15, -0.1) is 0 Å².